The lowest BCUT2D eigenvalue weighted by atomic mass is 10.00. The predicted molar refractivity (Wildman–Crippen MR) is 125 cm³/mol. The molecule has 1 aliphatic heterocycles. The number of aromatic nitrogens is 4. The van der Waals surface area contributed by atoms with Gasteiger partial charge in [0.2, 0.25) is 0 Å². The second-order valence-corrected chi connectivity index (χ2v) is 8.42. The van der Waals surface area contributed by atoms with E-state index in [1.807, 2.05) is 31.2 Å². The maximum absolute atomic E-state index is 14.2. The van der Waals surface area contributed by atoms with E-state index < -0.39 is 5.82 Å². The zero-order chi connectivity index (χ0) is 23.7. The molecule has 0 aliphatic carbocycles. The maximum atomic E-state index is 14.2. The number of ether oxygens (including phenoxy) is 3. The Kier molecular flexibility index (Phi) is 6.32. The SMILES string of the molecule is Cc1cc(Oc2ncnn2C)c2cccc(OCc3c(Cl)cc(F)cc3[C@@H]3COCCN3)c2n1. The zero-order valence-corrected chi connectivity index (χ0v) is 19.5. The predicted octanol–water partition coefficient (Wildman–Crippen LogP) is 4.50. The number of morpholine rings is 1. The van der Waals surface area contributed by atoms with Gasteiger partial charge in [-0.1, -0.05) is 17.7 Å². The summed E-state index contributed by atoms with van der Waals surface area (Å²) in [6, 6.07) is 10.4. The van der Waals surface area contributed by atoms with Crippen LogP contribution in [0.4, 0.5) is 4.39 Å². The van der Waals surface area contributed by atoms with E-state index >= 15 is 0 Å². The van der Waals surface area contributed by atoms with Crippen molar-refractivity contribution in [2.24, 2.45) is 7.05 Å². The van der Waals surface area contributed by atoms with E-state index in [-0.39, 0.29) is 12.6 Å². The highest BCUT2D eigenvalue weighted by Crippen LogP contribution is 2.35. The Morgan fingerprint density at radius 2 is 2.15 bits per heavy atom. The standard InChI is InChI=1S/C24H23ClFN5O3/c1-14-8-22(34-24-28-13-29-31(24)2)16-4-3-5-21(23(16)30-14)33-11-18-17(9-15(26)10-19(18)25)20-12-32-7-6-27-20/h3-5,8-10,13,20,27H,6-7,11-12H2,1-2H3/t20-/m0/s1. The summed E-state index contributed by atoms with van der Waals surface area (Å²) >= 11 is 6.44. The number of pyridine rings is 1. The minimum Gasteiger partial charge on any atom is -0.487 e. The quantitative estimate of drug-likeness (QED) is 0.432. The normalized spacial score (nSPS) is 16.1. The van der Waals surface area contributed by atoms with E-state index in [9.17, 15) is 4.39 Å². The van der Waals surface area contributed by atoms with Gasteiger partial charge in [-0.3, -0.25) is 0 Å². The highest BCUT2D eigenvalue weighted by molar-refractivity contribution is 6.31. The van der Waals surface area contributed by atoms with Crippen LogP contribution in [0.15, 0.2) is 42.7 Å². The fraction of sp³-hybridized carbons (Fsp3) is 0.292. The van der Waals surface area contributed by atoms with Crippen molar-refractivity contribution >= 4 is 22.5 Å². The molecule has 5 rings (SSSR count). The molecule has 1 fully saturated rings. The van der Waals surface area contributed by atoms with Crippen LogP contribution in [0.1, 0.15) is 22.9 Å². The van der Waals surface area contributed by atoms with Gasteiger partial charge in [0.25, 0.3) is 0 Å². The summed E-state index contributed by atoms with van der Waals surface area (Å²) in [6.45, 7) is 3.75. The number of hydrogen-bond donors (Lipinski definition) is 1. The summed E-state index contributed by atoms with van der Waals surface area (Å²) in [4.78, 5) is 8.81. The largest absolute Gasteiger partial charge is 0.487 e. The van der Waals surface area contributed by atoms with Crippen molar-refractivity contribution in [3.63, 3.8) is 0 Å². The van der Waals surface area contributed by atoms with Crippen LogP contribution in [-0.4, -0.2) is 39.5 Å². The van der Waals surface area contributed by atoms with Crippen molar-refractivity contribution < 1.29 is 18.6 Å². The molecule has 0 amide bonds. The Bertz CT molecular complexity index is 1340. The molecule has 1 saturated heterocycles. The molecule has 8 nitrogen and oxygen atoms in total. The first-order valence-electron chi connectivity index (χ1n) is 10.8. The van der Waals surface area contributed by atoms with Gasteiger partial charge in [-0.05, 0) is 36.8 Å². The molecule has 1 aliphatic rings. The molecule has 0 radical (unpaired) electrons. The molecular formula is C24H23ClFN5O3. The Balaban J connectivity index is 1.48. The topological polar surface area (TPSA) is 83.3 Å². The molecule has 2 aromatic heterocycles. The number of halogens is 2. The smallest absolute Gasteiger partial charge is 0.320 e. The van der Waals surface area contributed by atoms with Gasteiger partial charge in [0.05, 0.1) is 24.3 Å². The van der Waals surface area contributed by atoms with Crippen LogP contribution in [0.5, 0.6) is 17.5 Å². The van der Waals surface area contributed by atoms with E-state index in [1.54, 1.807) is 11.7 Å². The van der Waals surface area contributed by atoms with Crippen LogP contribution in [0.3, 0.4) is 0 Å². The van der Waals surface area contributed by atoms with E-state index in [4.69, 9.17) is 25.8 Å². The van der Waals surface area contributed by atoms with Gasteiger partial charge in [-0.25, -0.2) is 14.1 Å². The van der Waals surface area contributed by atoms with Gasteiger partial charge >= 0.3 is 6.01 Å². The van der Waals surface area contributed by atoms with Crippen molar-refractivity contribution in [3.8, 4) is 17.5 Å². The lowest BCUT2D eigenvalue weighted by Gasteiger charge is -2.26. The molecule has 34 heavy (non-hydrogen) atoms. The summed E-state index contributed by atoms with van der Waals surface area (Å²) in [7, 11) is 1.75. The van der Waals surface area contributed by atoms with E-state index in [2.05, 4.69) is 20.4 Å². The van der Waals surface area contributed by atoms with Gasteiger partial charge in [-0.2, -0.15) is 10.1 Å². The highest BCUT2D eigenvalue weighted by atomic mass is 35.5. The molecule has 1 N–H and O–H groups in total. The summed E-state index contributed by atoms with van der Waals surface area (Å²) in [5, 5.41) is 8.46. The monoisotopic (exact) mass is 483 g/mol. The highest BCUT2D eigenvalue weighted by Gasteiger charge is 2.22. The number of aryl methyl sites for hydroxylation is 2. The molecule has 176 valence electrons. The van der Waals surface area contributed by atoms with Crippen LogP contribution >= 0.6 is 11.6 Å². The molecule has 4 aromatic rings. The fourth-order valence-corrected chi connectivity index (χ4v) is 4.26. The molecule has 2 aromatic carbocycles. The first-order valence-corrected chi connectivity index (χ1v) is 11.2. The van der Waals surface area contributed by atoms with E-state index in [1.165, 1.54) is 18.5 Å². The number of para-hydroxylation sites is 1. The van der Waals surface area contributed by atoms with Crippen LogP contribution in [0.25, 0.3) is 10.9 Å². The molecule has 3 heterocycles. The number of rotatable bonds is 6. The van der Waals surface area contributed by atoms with Gasteiger partial charge < -0.3 is 19.5 Å². The van der Waals surface area contributed by atoms with Gasteiger partial charge in [-0.15, -0.1) is 0 Å². The Labute approximate surface area is 200 Å². The minimum atomic E-state index is -0.399. The summed E-state index contributed by atoms with van der Waals surface area (Å²) < 4.78 is 33.5. The minimum absolute atomic E-state index is 0.140. The van der Waals surface area contributed by atoms with Crippen LogP contribution < -0.4 is 14.8 Å². The Morgan fingerprint density at radius 3 is 2.91 bits per heavy atom. The Morgan fingerprint density at radius 1 is 1.26 bits per heavy atom. The number of hydrogen-bond acceptors (Lipinski definition) is 7. The third kappa shape index (κ3) is 4.54. The number of benzene rings is 2. The third-order valence-electron chi connectivity index (χ3n) is 5.63. The van der Waals surface area contributed by atoms with Crippen molar-refractivity contribution in [2.75, 3.05) is 19.8 Å². The first kappa shape index (κ1) is 22.5. The van der Waals surface area contributed by atoms with Gasteiger partial charge in [0.1, 0.15) is 35.8 Å². The molecule has 1 atom stereocenters. The maximum Gasteiger partial charge on any atom is 0.320 e. The van der Waals surface area contributed by atoms with Crippen molar-refractivity contribution in [3.05, 3.63) is 70.4 Å². The second-order valence-electron chi connectivity index (χ2n) is 8.01. The number of nitrogens with zero attached hydrogens (tertiary/aromatic N) is 4. The van der Waals surface area contributed by atoms with Crippen LogP contribution in [-0.2, 0) is 18.4 Å². The molecule has 10 heteroatoms. The first-order chi connectivity index (χ1) is 16.5. The summed E-state index contributed by atoms with van der Waals surface area (Å²) in [5.74, 6) is 0.750. The molecular weight excluding hydrogens is 461 g/mol. The van der Waals surface area contributed by atoms with Crippen LogP contribution in [0, 0.1) is 12.7 Å². The number of fused-ring (bicyclic) bond motifs is 1. The van der Waals surface area contributed by atoms with Crippen molar-refractivity contribution in [1.82, 2.24) is 25.1 Å². The Hall–Kier alpha value is -3.27. The van der Waals surface area contributed by atoms with Gasteiger partial charge in [0, 0.05) is 36.3 Å². The summed E-state index contributed by atoms with van der Waals surface area (Å²) in [6.07, 6.45) is 1.43. The third-order valence-corrected chi connectivity index (χ3v) is 5.96. The molecule has 0 spiro atoms. The van der Waals surface area contributed by atoms with Crippen LogP contribution in [0.2, 0.25) is 5.02 Å². The molecule has 0 unspecified atom stereocenters. The lowest BCUT2D eigenvalue weighted by Crippen LogP contribution is -2.35. The second kappa shape index (κ2) is 9.54. The average molecular weight is 484 g/mol. The lowest BCUT2D eigenvalue weighted by molar-refractivity contribution is 0.0762. The van der Waals surface area contributed by atoms with E-state index in [0.29, 0.717) is 53.4 Å². The van der Waals surface area contributed by atoms with E-state index in [0.717, 1.165) is 16.6 Å². The fourth-order valence-electron chi connectivity index (χ4n) is 3.99. The summed E-state index contributed by atoms with van der Waals surface area (Å²) in [5.41, 5.74) is 2.81. The zero-order valence-electron chi connectivity index (χ0n) is 18.7. The molecule has 0 bridgehead atoms. The molecule has 0 saturated carbocycles. The average Bonchev–Trinajstić information content (AvgIpc) is 3.23. The number of nitrogens with one attached hydrogen (secondary N) is 1. The van der Waals surface area contributed by atoms with Crippen molar-refractivity contribution in [1.29, 1.82) is 0 Å². The van der Waals surface area contributed by atoms with Crippen molar-refractivity contribution in [2.45, 2.75) is 19.6 Å². The van der Waals surface area contributed by atoms with Gasteiger partial charge in [0.15, 0.2) is 0 Å².